The smallest absolute Gasteiger partial charge is 0.330 e. The van der Waals surface area contributed by atoms with Crippen LogP contribution in [0.25, 0.3) is 0 Å². The summed E-state index contributed by atoms with van der Waals surface area (Å²) in [4.78, 5) is 46.0. The molecule has 8 nitrogen and oxygen atoms in total. The number of amides is 2. The molecule has 0 saturated carbocycles. The van der Waals surface area contributed by atoms with Crippen LogP contribution in [0.1, 0.15) is 71.1 Å². The van der Waals surface area contributed by atoms with Gasteiger partial charge in [0.1, 0.15) is 6.04 Å². The van der Waals surface area contributed by atoms with Crippen LogP contribution in [0.4, 0.5) is 0 Å². The van der Waals surface area contributed by atoms with Gasteiger partial charge in [-0.3, -0.25) is 9.59 Å². The summed E-state index contributed by atoms with van der Waals surface area (Å²) in [6.07, 6.45) is 34.3. The summed E-state index contributed by atoms with van der Waals surface area (Å²) in [5.41, 5.74) is 0. The lowest BCUT2D eigenvalue weighted by Gasteiger charge is -2.14. The Balaban J connectivity index is 3.97. The Labute approximate surface area is 239 Å². The van der Waals surface area contributed by atoms with Gasteiger partial charge in [-0.15, -0.1) is 0 Å². The first-order valence-corrected chi connectivity index (χ1v) is 13.9. The number of ether oxygens (including phenoxy) is 1. The molecule has 0 spiro atoms. The maximum atomic E-state index is 12.1. The van der Waals surface area contributed by atoms with E-state index in [0.29, 0.717) is 12.8 Å². The molecule has 0 radical (unpaired) electrons. The predicted molar refractivity (Wildman–Crippen MR) is 160 cm³/mol. The molecule has 0 saturated heterocycles. The molecule has 220 valence electrons. The first-order valence-electron chi connectivity index (χ1n) is 13.9. The molecule has 0 bridgehead atoms. The third-order valence-electron chi connectivity index (χ3n) is 5.31. The number of carboxylic acids is 1. The standard InChI is InChI=1S/C32H46N2O6/c1-3-4-5-6-7-8-9-10-11-12-13-14-15-16-17-18-19-20-21-24-30(36)34-28(32(38)39)23-22-27-33-29(35)25-26-31(37)40-2/h4-5,7-8,10-11,13-14,16-17,19-20,25-26,28H,3,6,9,12,15,18,21-24,27H2,1-2H3,(H,33,35)(H,34,36)(H,38,39)/b5-4-,8-7-,11-10-,14-13-,17-16-,20-19-,26-25+/t28-/m0/s1. The van der Waals surface area contributed by atoms with Gasteiger partial charge in [0.15, 0.2) is 0 Å². The minimum atomic E-state index is -1.13. The number of esters is 1. The fourth-order valence-electron chi connectivity index (χ4n) is 3.17. The molecule has 0 heterocycles. The third kappa shape index (κ3) is 24.4. The first kappa shape index (κ1) is 36.1. The molecule has 0 rings (SSSR count). The number of carboxylic acid groups (broad SMARTS) is 1. The number of allylic oxidation sites excluding steroid dienone is 12. The topological polar surface area (TPSA) is 122 Å². The van der Waals surface area contributed by atoms with E-state index in [9.17, 15) is 24.3 Å². The molecule has 8 heteroatoms. The predicted octanol–water partition coefficient (Wildman–Crippen LogP) is 5.66. The lowest BCUT2D eigenvalue weighted by Crippen LogP contribution is -2.41. The highest BCUT2D eigenvalue weighted by molar-refractivity contribution is 5.94. The van der Waals surface area contributed by atoms with Crippen LogP contribution in [0, 0.1) is 0 Å². The lowest BCUT2D eigenvalue weighted by atomic mass is 10.1. The van der Waals surface area contributed by atoms with Gasteiger partial charge in [0.25, 0.3) is 0 Å². The minimum Gasteiger partial charge on any atom is -0.480 e. The van der Waals surface area contributed by atoms with Crippen molar-refractivity contribution in [3.8, 4) is 0 Å². The van der Waals surface area contributed by atoms with Gasteiger partial charge >= 0.3 is 11.9 Å². The Hall–Kier alpha value is -3.94. The largest absolute Gasteiger partial charge is 0.480 e. The summed E-state index contributed by atoms with van der Waals surface area (Å²) >= 11 is 0. The van der Waals surface area contributed by atoms with Crippen LogP contribution in [0.5, 0.6) is 0 Å². The number of carbonyl (C=O) groups is 4. The molecule has 0 aromatic heterocycles. The van der Waals surface area contributed by atoms with E-state index in [1.807, 2.05) is 12.2 Å². The van der Waals surface area contributed by atoms with Gasteiger partial charge < -0.3 is 20.5 Å². The molecule has 3 N–H and O–H groups in total. The van der Waals surface area contributed by atoms with Crippen molar-refractivity contribution in [1.82, 2.24) is 10.6 Å². The van der Waals surface area contributed by atoms with E-state index < -0.39 is 23.9 Å². The molecule has 0 aliphatic rings. The fraction of sp³-hybridized carbons (Fsp3) is 0.438. The lowest BCUT2D eigenvalue weighted by molar-refractivity contribution is -0.142. The summed E-state index contributed by atoms with van der Waals surface area (Å²) in [5, 5.41) is 14.4. The second kappa shape index (κ2) is 26.7. The van der Waals surface area contributed by atoms with E-state index in [-0.39, 0.29) is 25.3 Å². The molecule has 0 aliphatic heterocycles. The Morgan fingerprint density at radius 2 is 1.25 bits per heavy atom. The van der Waals surface area contributed by atoms with E-state index in [0.717, 1.165) is 50.7 Å². The number of hydrogen-bond donors (Lipinski definition) is 3. The van der Waals surface area contributed by atoms with Crippen LogP contribution in [-0.2, 0) is 23.9 Å². The maximum absolute atomic E-state index is 12.1. The summed E-state index contributed by atoms with van der Waals surface area (Å²) in [6.45, 7) is 2.34. The molecule has 0 aromatic rings. The monoisotopic (exact) mass is 554 g/mol. The highest BCUT2D eigenvalue weighted by Gasteiger charge is 2.19. The summed E-state index contributed by atoms with van der Waals surface area (Å²) in [6, 6.07) is -1.03. The minimum absolute atomic E-state index is 0.169. The average Bonchev–Trinajstić information content (AvgIpc) is 2.94. The van der Waals surface area contributed by atoms with Gasteiger partial charge in [0.05, 0.1) is 7.11 Å². The van der Waals surface area contributed by atoms with Crippen LogP contribution in [0.15, 0.2) is 85.1 Å². The molecular weight excluding hydrogens is 508 g/mol. The second-order valence-electron chi connectivity index (χ2n) is 8.70. The Morgan fingerprint density at radius 3 is 1.73 bits per heavy atom. The van der Waals surface area contributed by atoms with E-state index >= 15 is 0 Å². The van der Waals surface area contributed by atoms with Crippen molar-refractivity contribution in [1.29, 1.82) is 0 Å². The van der Waals surface area contributed by atoms with Gasteiger partial charge in [0, 0.05) is 25.1 Å². The Bertz CT molecular complexity index is 941. The average molecular weight is 555 g/mol. The van der Waals surface area contributed by atoms with Gasteiger partial charge in [-0.2, -0.15) is 0 Å². The number of nitrogens with one attached hydrogen (secondary N) is 2. The molecule has 1 atom stereocenters. The van der Waals surface area contributed by atoms with Gasteiger partial charge in [-0.05, 0) is 57.8 Å². The number of methoxy groups -OCH3 is 1. The molecule has 40 heavy (non-hydrogen) atoms. The molecule has 0 unspecified atom stereocenters. The zero-order valence-electron chi connectivity index (χ0n) is 23.9. The number of carbonyl (C=O) groups excluding carboxylic acids is 3. The van der Waals surface area contributed by atoms with Gasteiger partial charge in [-0.25, -0.2) is 9.59 Å². The number of hydrogen-bond acceptors (Lipinski definition) is 5. The molecule has 0 aromatic carbocycles. The zero-order chi connectivity index (χ0) is 29.7. The number of aliphatic carboxylic acids is 1. The van der Waals surface area contributed by atoms with Crippen molar-refractivity contribution < 1.29 is 29.0 Å². The Morgan fingerprint density at radius 1 is 0.750 bits per heavy atom. The van der Waals surface area contributed by atoms with Crippen molar-refractivity contribution >= 4 is 23.8 Å². The molecule has 2 amide bonds. The van der Waals surface area contributed by atoms with E-state index in [1.165, 1.54) is 7.11 Å². The van der Waals surface area contributed by atoms with Crippen molar-refractivity contribution in [2.75, 3.05) is 13.7 Å². The van der Waals surface area contributed by atoms with Crippen molar-refractivity contribution in [2.45, 2.75) is 77.2 Å². The van der Waals surface area contributed by atoms with Gasteiger partial charge in [0.2, 0.25) is 11.8 Å². The SMILES string of the molecule is CC/C=C\C/C=C\C/C=C\C/C=C\C/C=C\C/C=C\CCC(=O)N[C@@H](CCCNC(=O)/C=C/C(=O)OC)C(=O)O. The van der Waals surface area contributed by atoms with Crippen molar-refractivity contribution in [3.63, 3.8) is 0 Å². The van der Waals surface area contributed by atoms with Crippen LogP contribution < -0.4 is 10.6 Å². The summed E-state index contributed by atoms with van der Waals surface area (Å²) < 4.78 is 4.39. The van der Waals surface area contributed by atoms with Crippen molar-refractivity contribution in [2.24, 2.45) is 0 Å². The number of rotatable bonds is 22. The van der Waals surface area contributed by atoms with Gasteiger partial charge in [-0.1, -0.05) is 79.8 Å². The van der Waals surface area contributed by atoms with E-state index in [4.69, 9.17) is 0 Å². The maximum Gasteiger partial charge on any atom is 0.330 e. The molecule has 0 aliphatic carbocycles. The highest BCUT2D eigenvalue weighted by Crippen LogP contribution is 2.01. The third-order valence-corrected chi connectivity index (χ3v) is 5.31. The van der Waals surface area contributed by atoms with E-state index in [1.54, 1.807) is 0 Å². The quantitative estimate of drug-likeness (QED) is 0.0687. The van der Waals surface area contributed by atoms with Crippen LogP contribution in [0.3, 0.4) is 0 Å². The van der Waals surface area contributed by atoms with Crippen LogP contribution >= 0.6 is 0 Å². The highest BCUT2D eigenvalue weighted by atomic mass is 16.5. The summed E-state index contributed by atoms with van der Waals surface area (Å²) in [5.74, 6) is -2.60. The fourth-order valence-corrected chi connectivity index (χ4v) is 3.17. The Kier molecular flexibility index (Phi) is 24.0. The van der Waals surface area contributed by atoms with Crippen LogP contribution in [0.2, 0.25) is 0 Å². The van der Waals surface area contributed by atoms with Crippen LogP contribution in [-0.4, -0.2) is 48.6 Å². The first-order chi connectivity index (χ1) is 19.4. The molecular formula is C32H46N2O6. The normalized spacial score (nSPS) is 13.1. The zero-order valence-corrected chi connectivity index (χ0v) is 23.9. The summed E-state index contributed by atoms with van der Waals surface area (Å²) in [7, 11) is 1.20. The second-order valence-corrected chi connectivity index (χ2v) is 8.70. The molecule has 0 fully saturated rings. The van der Waals surface area contributed by atoms with E-state index in [2.05, 4.69) is 83.1 Å². The van der Waals surface area contributed by atoms with Crippen molar-refractivity contribution in [3.05, 3.63) is 85.1 Å².